The van der Waals surface area contributed by atoms with E-state index >= 15 is 0 Å². The average Bonchev–Trinajstić information content (AvgIpc) is 2.92. The molecule has 0 aliphatic carbocycles. The van der Waals surface area contributed by atoms with E-state index in [1.807, 2.05) is 30.5 Å². The van der Waals surface area contributed by atoms with Gasteiger partial charge in [0.05, 0.1) is 12.7 Å². The zero-order valence-corrected chi connectivity index (χ0v) is 23.6. The Morgan fingerprint density at radius 3 is 1.66 bits per heavy atom. The van der Waals surface area contributed by atoms with E-state index in [-0.39, 0.29) is 5.97 Å². The minimum atomic E-state index is -0.301. The van der Waals surface area contributed by atoms with E-state index in [2.05, 4.69) is 88.2 Å². The van der Waals surface area contributed by atoms with Crippen molar-refractivity contribution in [1.82, 2.24) is 4.98 Å². The predicted octanol–water partition coefficient (Wildman–Crippen LogP) is 8.04. The number of nitrogens with one attached hydrogen (secondary N) is 1. The Labute approximate surface area is 227 Å². The summed E-state index contributed by atoms with van der Waals surface area (Å²) in [5, 5.41) is 3.37. The Morgan fingerprint density at radius 2 is 1.21 bits per heavy atom. The van der Waals surface area contributed by atoms with E-state index < -0.39 is 0 Å². The molecule has 0 atom stereocenters. The molecule has 0 amide bonds. The van der Waals surface area contributed by atoms with Crippen molar-refractivity contribution >= 4 is 11.8 Å². The van der Waals surface area contributed by atoms with Crippen LogP contribution >= 0.6 is 0 Å². The minimum Gasteiger partial charge on any atom is -0.465 e. The van der Waals surface area contributed by atoms with Crippen molar-refractivity contribution < 1.29 is 9.53 Å². The molecule has 0 fully saturated rings. The van der Waals surface area contributed by atoms with E-state index in [9.17, 15) is 4.79 Å². The second-order valence-corrected chi connectivity index (χ2v) is 10.4. The standard InChI is InChI=1S/C34H38N2O2/c1-21(2)36-31-19-18-30(20-35-31)33-24(5)22(3)32(23(4)25(33)6)28-14-10-26(11-15-28)8-9-27-12-16-29(17-13-27)34(37)38-7/h10-21H,8-9H2,1-7H3,(H,35,36). The number of methoxy groups -OCH3 is 1. The van der Waals surface area contributed by atoms with Crippen molar-refractivity contribution in [2.24, 2.45) is 0 Å². The lowest BCUT2D eigenvalue weighted by Gasteiger charge is -2.21. The summed E-state index contributed by atoms with van der Waals surface area (Å²) in [5.41, 5.74) is 13.3. The number of rotatable bonds is 8. The molecular formula is C34H38N2O2. The van der Waals surface area contributed by atoms with E-state index in [1.165, 1.54) is 57.2 Å². The number of aryl methyl sites for hydroxylation is 2. The molecule has 3 aromatic carbocycles. The molecule has 1 aromatic heterocycles. The summed E-state index contributed by atoms with van der Waals surface area (Å²) < 4.78 is 4.79. The highest BCUT2D eigenvalue weighted by Gasteiger charge is 2.17. The van der Waals surface area contributed by atoms with Crippen LogP contribution in [0.3, 0.4) is 0 Å². The summed E-state index contributed by atoms with van der Waals surface area (Å²) in [4.78, 5) is 16.3. The lowest BCUT2D eigenvalue weighted by Crippen LogP contribution is -2.10. The van der Waals surface area contributed by atoms with E-state index in [0.717, 1.165) is 24.2 Å². The maximum absolute atomic E-state index is 11.7. The summed E-state index contributed by atoms with van der Waals surface area (Å²) in [7, 11) is 1.40. The van der Waals surface area contributed by atoms with Crippen molar-refractivity contribution in [3.63, 3.8) is 0 Å². The fraction of sp³-hybridized carbons (Fsp3) is 0.294. The van der Waals surface area contributed by atoms with Crippen molar-refractivity contribution in [2.45, 2.75) is 60.4 Å². The molecule has 0 aliphatic heterocycles. The van der Waals surface area contributed by atoms with Gasteiger partial charge in [-0.15, -0.1) is 0 Å². The van der Waals surface area contributed by atoms with Gasteiger partial charge >= 0.3 is 5.97 Å². The Kier molecular flexibility index (Phi) is 8.31. The molecule has 196 valence electrons. The molecule has 0 saturated heterocycles. The molecule has 0 bridgehead atoms. The van der Waals surface area contributed by atoms with Crippen LogP contribution in [0.2, 0.25) is 0 Å². The number of esters is 1. The van der Waals surface area contributed by atoms with Crippen LogP contribution < -0.4 is 5.32 Å². The molecule has 0 radical (unpaired) electrons. The molecule has 0 aliphatic rings. The fourth-order valence-electron chi connectivity index (χ4n) is 5.15. The third-order valence-electron chi connectivity index (χ3n) is 7.43. The van der Waals surface area contributed by atoms with Gasteiger partial charge < -0.3 is 10.1 Å². The lowest BCUT2D eigenvalue weighted by molar-refractivity contribution is 0.0600. The number of hydrogen-bond donors (Lipinski definition) is 1. The topological polar surface area (TPSA) is 51.2 Å². The maximum atomic E-state index is 11.7. The molecule has 1 heterocycles. The summed E-state index contributed by atoms with van der Waals surface area (Å²) in [5.74, 6) is 0.604. The number of benzene rings is 3. The Balaban J connectivity index is 1.54. The number of pyridine rings is 1. The second kappa shape index (κ2) is 11.6. The van der Waals surface area contributed by atoms with Crippen LogP contribution in [-0.4, -0.2) is 24.1 Å². The monoisotopic (exact) mass is 506 g/mol. The number of carbonyl (C=O) groups is 1. The molecule has 38 heavy (non-hydrogen) atoms. The number of anilines is 1. The van der Waals surface area contributed by atoms with Crippen LogP contribution in [0.15, 0.2) is 66.9 Å². The third kappa shape index (κ3) is 5.80. The van der Waals surface area contributed by atoms with Gasteiger partial charge in [0.2, 0.25) is 0 Å². The molecular weight excluding hydrogens is 468 g/mol. The molecule has 0 unspecified atom stereocenters. The number of ether oxygens (including phenoxy) is 1. The Hall–Kier alpha value is -3.92. The van der Waals surface area contributed by atoms with Crippen molar-refractivity contribution in [2.75, 3.05) is 12.4 Å². The number of carbonyl (C=O) groups excluding carboxylic acids is 1. The van der Waals surface area contributed by atoms with E-state index in [4.69, 9.17) is 4.74 Å². The Bertz CT molecular complexity index is 1390. The van der Waals surface area contributed by atoms with Gasteiger partial charge in [-0.25, -0.2) is 9.78 Å². The fourth-order valence-corrected chi connectivity index (χ4v) is 5.15. The van der Waals surface area contributed by atoms with Gasteiger partial charge in [0.15, 0.2) is 0 Å². The van der Waals surface area contributed by atoms with E-state index in [1.54, 1.807) is 0 Å². The first-order valence-electron chi connectivity index (χ1n) is 13.3. The molecule has 4 rings (SSSR count). The van der Waals surface area contributed by atoms with Gasteiger partial charge in [-0.1, -0.05) is 36.4 Å². The number of nitrogens with zero attached hydrogens (tertiary/aromatic N) is 1. The van der Waals surface area contributed by atoms with Crippen LogP contribution in [-0.2, 0) is 17.6 Å². The molecule has 1 N–H and O–H groups in total. The highest BCUT2D eigenvalue weighted by Crippen LogP contribution is 2.39. The van der Waals surface area contributed by atoms with Gasteiger partial charge in [0, 0.05) is 17.8 Å². The normalized spacial score (nSPS) is 11.1. The van der Waals surface area contributed by atoms with Crippen LogP contribution in [0, 0.1) is 27.7 Å². The van der Waals surface area contributed by atoms with Crippen molar-refractivity contribution in [1.29, 1.82) is 0 Å². The van der Waals surface area contributed by atoms with Crippen LogP contribution in [0.25, 0.3) is 22.3 Å². The largest absolute Gasteiger partial charge is 0.465 e. The van der Waals surface area contributed by atoms with Crippen LogP contribution in [0.5, 0.6) is 0 Å². The van der Waals surface area contributed by atoms with Gasteiger partial charge in [0.25, 0.3) is 0 Å². The highest BCUT2D eigenvalue weighted by atomic mass is 16.5. The SMILES string of the molecule is COC(=O)c1ccc(CCc2ccc(-c3c(C)c(C)c(-c4ccc(NC(C)C)nc4)c(C)c3C)cc2)cc1. The van der Waals surface area contributed by atoms with Crippen LogP contribution in [0.4, 0.5) is 5.82 Å². The molecule has 4 nitrogen and oxygen atoms in total. The van der Waals surface area contributed by atoms with Gasteiger partial charge in [-0.05, 0) is 129 Å². The van der Waals surface area contributed by atoms with Gasteiger partial charge in [-0.2, -0.15) is 0 Å². The number of hydrogen-bond acceptors (Lipinski definition) is 4. The maximum Gasteiger partial charge on any atom is 0.337 e. The molecule has 0 saturated carbocycles. The summed E-state index contributed by atoms with van der Waals surface area (Å²) in [6.07, 6.45) is 3.85. The Morgan fingerprint density at radius 1 is 0.737 bits per heavy atom. The summed E-state index contributed by atoms with van der Waals surface area (Å²) in [6, 6.07) is 21.2. The summed E-state index contributed by atoms with van der Waals surface area (Å²) in [6.45, 7) is 13.1. The molecule has 0 spiro atoms. The van der Waals surface area contributed by atoms with Crippen molar-refractivity contribution in [3.05, 3.63) is 106 Å². The zero-order chi connectivity index (χ0) is 27.4. The van der Waals surface area contributed by atoms with Gasteiger partial charge in [-0.3, -0.25) is 0 Å². The van der Waals surface area contributed by atoms with Crippen molar-refractivity contribution in [3.8, 4) is 22.3 Å². The first-order valence-corrected chi connectivity index (χ1v) is 13.3. The molecule has 4 heteroatoms. The quantitative estimate of drug-likeness (QED) is 0.246. The first-order chi connectivity index (χ1) is 18.2. The average molecular weight is 507 g/mol. The highest BCUT2D eigenvalue weighted by molar-refractivity contribution is 5.89. The third-order valence-corrected chi connectivity index (χ3v) is 7.43. The lowest BCUT2D eigenvalue weighted by atomic mass is 9.83. The van der Waals surface area contributed by atoms with Gasteiger partial charge in [0.1, 0.15) is 5.82 Å². The van der Waals surface area contributed by atoms with Crippen LogP contribution in [0.1, 0.15) is 57.6 Å². The first kappa shape index (κ1) is 27.1. The minimum absolute atomic E-state index is 0.301. The second-order valence-electron chi connectivity index (χ2n) is 10.4. The zero-order valence-electron chi connectivity index (χ0n) is 23.6. The number of aromatic nitrogens is 1. The van der Waals surface area contributed by atoms with E-state index in [0.29, 0.717) is 11.6 Å². The molecule has 4 aromatic rings. The smallest absolute Gasteiger partial charge is 0.337 e. The predicted molar refractivity (Wildman–Crippen MR) is 158 cm³/mol. The summed E-state index contributed by atoms with van der Waals surface area (Å²) >= 11 is 0.